The van der Waals surface area contributed by atoms with E-state index in [0.717, 1.165) is 12.8 Å². The van der Waals surface area contributed by atoms with E-state index in [1.807, 2.05) is 11.8 Å². The molecule has 3 aromatic carbocycles. The Morgan fingerprint density at radius 3 is 2.47 bits per heavy atom. The zero-order valence-electron chi connectivity index (χ0n) is 30.3. The minimum absolute atomic E-state index is 0.315. The molecule has 7 aliphatic rings. The fraction of sp³-hybridized carbons (Fsp3) is 0.320. The van der Waals surface area contributed by atoms with Crippen molar-refractivity contribution in [3.63, 3.8) is 0 Å². The molecule has 1 nitrogen and oxygen atoms in total. The van der Waals surface area contributed by atoms with Crippen LogP contribution in [-0.2, 0) is 6.42 Å². The van der Waals surface area contributed by atoms with Crippen LogP contribution in [0.15, 0.2) is 149 Å². The number of rotatable bonds is 4. The Morgan fingerprint density at radius 1 is 0.698 bits per heavy atom. The Labute approximate surface area is 323 Å². The molecule has 8 atom stereocenters. The second kappa shape index (κ2) is 13.4. The molecule has 0 N–H and O–H groups in total. The van der Waals surface area contributed by atoms with Crippen LogP contribution in [0, 0.1) is 23.7 Å². The summed E-state index contributed by atoms with van der Waals surface area (Å²) in [6.45, 7) is 0. The van der Waals surface area contributed by atoms with Gasteiger partial charge in [0.15, 0.2) is 0 Å². The van der Waals surface area contributed by atoms with Crippen molar-refractivity contribution in [1.82, 2.24) is 4.57 Å². The number of thioether (sulfide) groups is 1. The van der Waals surface area contributed by atoms with Crippen LogP contribution < -0.4 is 0 Å². The lowest BCUT2D eigenvalue weighted by Crippen LogP contribution is -2.46. The lowest BCUT2D eigenvalue weighted by atomic mass is 9.60. The molecule has 1 aromatic heterocycles. The van der Waals surface area contributed by atoms with E-state index >= 15 is 0 Å². The summed E-state index contributed by atoms with van der Waals surface area (Å²) < 4.78 is 2.68. The molecule has 0 amide bonds. The van der Waals surface area contributed by atoms with Crippen LogP contribution in [0.25, 0.3) is 28.1 Å². The highest BCUT2D eigenvalue weighted by molar-refractivity contribution is 8.01. The standard InChI is InChI=1S/C50H47NS2/c1-3-15-32(16-4-1)35-23-14-28-46-49(35)50(39-21-9-12-27-44(39)53-46)48-38-20-8-11-26-43(38)52-45-30-29-33(31-40(45)48)36-22-13-25-42-47(36)37-19-7-10-24-41(37)51(42)34-17-5-2-6-18-34/h3,5,8-15,17,20-32,34,39,44,46,48-50H,1-2,4,6-7,16,18-19H2. The number of hydrogen-bond donors (Lipinski definition) is 0. The van der Waals surface area contributed by atoms with Crippen LogP contribution in [0.2, 0.25) is 0 Å². The largest absolute Gasteiger partial charge is 0.334 e. The van der Waals surface area contributed by atoms with E-state index < -0.39 is 0 Å². The van der Waals surface area contributed by atoms with Gasteiger partial charge >= 0.3 is 0 Å². The van der Waals surface area contributed by atoms with Crippen molar-refractivity contribution in [2.45, 2.75) is 83.6 Å². The summed E-state index contributed by atoms with van der Waals surface area (Å²) in [5.41, 5.74) is 11.9. The molecule has 3 heteroatoms. The van der Waals surface area contributed by atoms with Crippen LogP contribution in [0.1, 0.15) is 79.3 Å². The zero-order chi connectivity index (χ0) is 34.9. The molecular formula is C50H47NS2. The highest BCUT2D eigenvalue weighted by Gasteiger charge is 2.51. The summed E-state index contributed by atoms with van der Waals surface area (Å²) in [6, 6.07) is 24.6. The highest BCUT2D eigenvalue weighted by atomic mass is 32.2. The number of hydrogen-bond acceptors (Lipinski definition) is 2. The molecule has 53 heavy (non-hydrogen) atoms. The van der Waals surface area contributed by atoms with E-state index in [1.54, 1.807) is 11.1 Å². The Kier molecular flexibility index (Phi) is 8.24. The Hall–Kier alpha value is -3.92. The maximum absolute atomic E-state index is 2.68. The van der Waals surface area contributed by atoms with Gasteiger partial charge in [0.1, 0.15) is 0 Å². The van der Waals surface area contributed by atoms with Crippen molar-refractivity contribution < 1.29 is 0 Å². The third-order valence-electron chi connectivity index (χ3n) is 13.4. The van der Waals surface area contributed by atoms with Gasteiger partial charge in [0.2, 0.25) is 0 Å². The Morgan fingerprint density at radius 2 is 1.57 bits per heavy atom. The van der Waals surface area contributed by atoms with Gasteiger partial charge in [-0.2, -0.15) is 0 Å². The average molecular weight is 726 g/mol. The minimum Gasteiger partial charge on any atom is -0.334 e. The lowest BCUT2D eigenvalue weighted by molar-refractivity contribution is 0.242. The number of aryl methyl sites for hydroxylation is 1. The normalized spacial score (nSPS) is 30.7. The third kappa shape index (κ3) is 5.35. The van der Waals surface area contributed by atoms with Crippen molar-refractivity contribution >= 4 is 40.5 Å². The van der Waals surface area contributed by atoms with Crippen LogP contribution in [0.5, 0.6) is 0 Å². The molecule has 8 unspecified atom stereocenters. The Bertz CT molecular complexity index is 2320. The summed E-state index contributed by atoms with van der Waals surface area (Å²) in [7, 11) is 0. The van der Waals surface area contributed by atoms with E-state index in [9.17, 15) is 0 Å². The summed E-state index contributed by atoms with van der Waals surface area (Å²) in [5, 5.41) is 2.46. The van der Waals surface area contributed by atoms with Crippen molar-refractivity contribution in [3.05, 3.63) is 162 Å². The van der Waals surface area contributed by atoms with Crippen molar-refractivity contribution in [2.24, 2.45) is 23.7 Å². The van der Waals surface area contributed by atoms with E-state index in [4.69, 9.17) is 0 Å². The van der Waals surface area contributed by atoms with E-state index in [-0.39, 0.29) is 0 Å². The highest BCUT2D eigenvalue weighted by Crippen LogP contribution is 2.61. The predicted octanol–water partition coefficient (Wildman–Crippen LogP) is 13.5. The maximum Gasteiger partial charge on any atom is 0.0522 e. The molecule has 0 saturated carbocycles. The fourth-order valence-corrected chi connectivity index (χ4v) is 14.0. The van der Waals surface area contributed by atoms with Crippen LogP contribution in [-0.4, -0.2) is 15.1 Å². The Balaban J connectivity index is 1.10. The molecule has 2 aliphatic heterocycles. The molecule has 0 bridgehead atoms. The van der Waals surface area contributed by atoms with E-state index in [0.29, 0.717) is 46.1 Å². The van der Waals surface area contributed by atoms with Gasteiger partial charge in [0, 0.05) is 48.7 Å². The van der Waals surface area contributed by atoms with Gasteiger partial charge in [-0.3, -0.25) is 0 Å². The quantitative estimate of drug-likeness (QED) is 0.193. The molecule has 5 aliphatic carbocycles. The van der Waals surface area contributed by atoms with Gasteiger partial charge in [0.25, 0.3) is 0 Å². The summed E-state index contributed by atoms with van der Waals surface area (Å²) in [6.07, 6.45) is 41.7. The van der Waals surface area contributed by atoms with Crippen LogP contribution in [0.4, 0.5) is 0 Å². The van der Waals surface area contributed by atoms with Crippen molar-refractivity contribution in [3.8, 4) is 11.1 Å². The third-order valence-corrected chi connectivity index (χ3v) is 16.1. The molecule has 1 saturated heterocycles. The zero-order valence-corrected chi connectivity index (χ0v) is 32.0. The average Bonchev–Trinajstić information content (AvgIpc) is 3.57. The summed E-state index contributed by atoms with van der Waals surface area (Å²) >= 11 is 4.21. The van der Waals surface area contributed by atoms with Gasteiger partial charge in [-0.05, 0) is 127 Å². The van der Waals surface area contributed by atoms with Gasteiger partial charge in [0.05, 0.1) is 6.04 Å². The molecule has 264 valence electrons. The molecule has 1 fully saturated rings. The fourth-order valence-electron chi connectivity index (χ4n) is 11.2. The van der Waals surface area contributed by atoms with Crippen molar-refractivity contribution in [1.29, 1.82) is 0 Å². The van der Waals surface area contributed by atoms with Gasteiger partial charge in [-0.15, -0.1) is 11.8 Å². The smallest absolute Gasteiger partial charge is 0.0522 e. The number of allylic oxidation sites excluding steroid dienone is 11. The first-order chi connectivity index (χ1) is 26.3. The predicted molar refractivity (Wildman–Crippen MR) is 227 cm³/mol. The summed E-state index contributed by atoms with van der Waals surface area (Å²) in [5.74, 6) is 2.29. The molecule has 0 spiro atoms. The topological polar surface area (TPSA) is 4.93 Å². The first kappa shape index (κ1) is 32.5. The first-order valence-electron chi connectivity index (χ1n) is 20.3. The lowest BCUT2D eigenvalue weighted by Gasteiger charge is -2.52. The van der Waals surface area contributed by atoms with E-state index in [1.165, 1.54) is 87.2 Å². The van der Waals surface area contributed by atoms with E-state index in [2.05, 4.69) is 156 Å². The monoisotopic (exact) mass is 725 g/mol. The molecule has 4 aromatic rings. The number of benzene rings is 3. The van der Waals surface area contributed by atoms with Gasteiger partial charge in [-0.1, -0.05) is 127 Å². The minimum atomic E-state index is 0.315. The molecule has 3 heterocycles. The van der Waals surface area contributed by atoms with Gasteiger partial charge in [-0.25, -0.2) is 0 Å². The molecule has 0 radical (unpaired) electrons. The number of aromatic nitrogens is 1. The SMILES string of the molecule is C1=CC2SC3C=CC=C(C4C=CCCC4)C3C(C3c4ccccc4Sc4ccc(-c5cccc6c5c5c(n6C6C=CCCC6)C=CCC5)cc43)C2C=C1. The molecule has 11 rings (SSSR count). The van der Waals surface area contributed by atoms with Crippen LogP contribution in [0.3, 0.4) is 0 Å². The number of nitrogens with zero attached hydrogens (tertiary/aromatic N) is 1. The first-order valence-corrected chi connectivity index (χ1v) is 22.0. The van der Waals surface area contributed by atoms with Crippen molar-refractivity contribution in [2.75, 3.05) is 0 Å². The van der Waals surface area contributed by atoms with Crippen LogP contribution >= 0.6 is 23.5 Å². The number of fused-ring (bicyclic) bond motifs is 7. The second-order valence-electron chi connectivity index (χ2n) is 16.2. The van der Waals surface area contributed by atoms with Gasteiger partial charge < -0.3 is 4.57 Å². The second-order valence-corrected chi connectivity index (χ2v) is 18.6. The maximum atomic E-state index is 2.68. The molecular weight excluding hydrogens is 679 g/mol. The summed E-state index contributed by atoms with van der Waals surface area (Å²) in [4.78, 5) is 2.88.